The Kier molecular flexibility index (Phi) is 9.54. The number of furan rings is 2. The first-order valence-corrected chi connectivity index (χ1v) is 24.3. The van der Waals surface area contributed by atoms with Crippen molar-refractivity contribution in [3.8, 4) is 0 Å². The number of hydrogen-bond donors (Lipinski definition) is 0. The van der Waals surface area contributed by atoms with Gasteiger partial charge in [0.2, 0.25) is 0 Å². The topological polar surface area (TPSA) is 32.8 Å². The normalized spacial score (nSPS) is 12.5. The van der Waals surface area contributed by atoms with Crippen LogP contribution in [0.4, 0.5) is 34.1 Å². The molecule has 0 saturated carbocycles. The number of aryl methyl sites for hydroxylation is 2. The zero-order valence-corrected chi connectivity index (χ0v) is 40.3. The molecule has 2 heterocycles. The Morgan fingerprint density at radius 1 is 0.338 bits per heavy atom. The Hall–Kier alpha value is -7.56. The van der Waals surface area contributed by atoms with E-state index in [1.54, 1.807) is 0 Å². The van der Waals surface area contributed by atoms with E-state index < -0.39 is 0 Å². The molecule has 0 aliphatic heterocycles. The first-order chi connectivity index (χ1) is 32.9. The number of rotatable bonds is 8. The molecule has 12 aromatic rings. The Labute approximate surface area is 398 Å². The van der Waals surface area contributed by atoms with Crippen molar-refractivity contribution in [3.63, 3.8) is 0 Å². The lowest BCUT2D eigenvalue weighted by atomic mass is 9.87. The van der Waals surface area contributed by atoms with Crippen molar-refractivity contribution >= 4 is 110 Å². The first-order valence-electron chi connectivity index (χ1n) is 24.3. The molecular weight excluding hydrogens is 829 g/mol. The van der Waals surface area contributed by atoms with Crippen LogP contribution in [0.3, 0.4) is 0 Å². The third-order valence-electron chi connectivity index (χ3n) is 14.5. The van der Waals surface area contributed by atoms with Crippen LogP contribution in [0.1, 0.15) is 77.6 Å². The van der Waals surface area contributed by atoms with E-state index in [1.165, 1.54) is 54.6 Å². The lowest BCUT2D eigenvalue weighted by molar-refractivity contribution is 0.590. The maximum absolute atomic E-state index is 6.99. The van der Waals surface area contributed by atoms with Crippen LogP contribution < -0.4 is 9.80 Å². The molecule has 0 unspecified atom stereocenters. The number of fused-ring (bicyclic) bond motifs is 6. The van der Waals surface area contributed by atoms with E-state index in [9.17, 15) is 0 Å². The summed E-state index contributed by atoms with van der Waals surface area (Å²) in [6.45, 7) is 18.0. The largest absolute Gasteiger partial charge is 0.454 e. The summed E-state index contributed by atoms with van der Waals surface area (Å²) in [5.74, 6) is 0. The van der Waals surface area contributed by atoms with Gasteiger partial charge in [0.1, 0.15) is 11.2 Å². The second-order valence-electron chi connectivity index (χ2n) is 20.7. The molecule has 0 amide bonds. The monoisotopic (exact) mass is 884 g/mol. The Morgan fingerprint density at radius 3 is 1.06 bits per heavy atom. The second kappa shape index (κ2) is 15.5. The second-order valence-corrected chi connectivity index (χ2v) is 20.7. The number of anilines is 6. The van der Waals surface area contributed by atoms with Crippen LogP contribution in [-0.4, -0.2) is 0 Å². The average Bonchev–Trinajstić information content (AvgIpc) is 3.94. The van der Waals surface area contributed by atoms with Crippen molar-refractivity contribution in [1.29, 1.82) is 0 Å². The fourth-order valence-corrected chi connectivity index (χ4v) is 10.8. The lowest BCUT2D eigenvalue weighted by Gasteiger charge is -2.30. The highest BCUT2D eigenvalue weighted by molar-refractivity contribution is 6.28. The molecule has 0 saturated heterocycles. The zero-order valence-electron chi connectivity index (χ0n) is 40.3. The molecule has 68 heavy (non-hydrogen) atoms. The van der Waals surface area contributed by atoms with Gasteiger partial charge in [-0.2, -0.15) is 0 Å². The highest BCUT2D eigenvalue weighted by Crippen LogP contribution is 2.51. The average molecular weight is 885 g/mol. The summed E-state index contributed by atoms with van der Waals surface area (Å²) in [4.78, 5) is 4.84. The van der Waals surface area contributed by atoms with E-state index in [4.69, 9.17) is 8.83 Å². The van der Waals surface area contributed by atoms with Gasteiger partial charge in [0, 0.05) is 43.7 Å². The van der Waals surface area contributed by atoms with Crippen LogP contribution in [0, 0.1) is 0 Å². The Morgan fingerprint density at radius 2 is 0.691 bits per heavy atom. The van der Waals surface area contributed by atoms with Gasteiger partial charge < -0.3 is 18.6 Å². The van der Waals surface area contributed by atoms with E-state index in [0.717, 1.165) is 90.8 Å². The molecule has 12 rings (SSSR count). The standard InChI is InChI=1S/C64H56N2O2/c1-9-39-15-11-17-47-49-19-13-21-55(61(49)67-59(39)47)65(45-31-27-43(28-32-45)63(3,4)5)53-37-25-41-24-36-52-54(38-26-42-23-35-51(53)57(41)58(42)52)66(46-33-29-44(30-34-46)64(6,7)8)56-22-14-20-50-48-18-12-16-40(10-2)60(48)68-62(50)56/h11-38H,9-10H2,1-8H3. The van der Waals surface area contributed by atoms with Crippen LogP contribution in [-0.2, 0) is 23.7 Å². The summed E-state index contributed by atoms with van der Waals surface area (Å²) in [6.07, 6.45) is 1.79. The minimum absolute atomic E-state index is 0.0142. The fourth-order valence-electron chi connectivity index (χ4n) is 10.8. The van der Waals surface area contributed by atoms with Crippen LogP contribution in [0.15, 0.2) is 179 Å². The summed E-state index contributed by atoms with van der Waals surface area (Å²) in [5, 5.41) is 11.7. The van der Waals surface area contributed by atoms with Gasteiger partial charge in [0.25, 0.3) is 0 Å². The van der Waals surface area contributed by atoms with Gasteiger partial charge >= 0.3 is 0 Å². The van der Waals surface area contributed by atoms with Gasteiger partial charge in [-0.05, 0) is 116 Å². The summed E-state index contributed by atoms with van der Waals surface area (Å²) in [7, 11) is 0. The van der Waals surface area contributed by atoms with E-state index in [-0.39, 0.29) is 10.8 Å². The quantitative estimate of drug-likeness (QED) is 0.142. The smallest absolute Gasteiger partial charge is 0.159 e. The highest BCUT2D eigenvalue weighted by Gasteiger charge is 2.27. The first kappa shape index (κ1) is 41.8. The van der Waals surface area contributed by atoms with Crippen molar-refractivity contribution in [2.45, 2.75) is 79.1 Å². The van der Waals surface area contributed by atoms with E-state index in [2.05, 4.69) is 235 Å². The molecule has 2 aromatic heterocycles. The third kappa shape index (κ3) is 6.48. The molecule has 0 aliphatic rings. The number of benzene rings is 10. The Balaban J connectivity index is 1.12. The van der Waals surface area contributed by atoms with Crippen molar-refractivity contribution in [1.82, 2.24) is 0 Å². The molecule has 0 fully saturated rings. The summed E-state index contributed by atoms with van der Waals surface area (Å²) >= 11 is 0. The maximum Gasteiger partial charge on any atom is 0.159 e. The molecule has 0 N–H and O–H groups in total. The van der Waals surface area contributed by atoms with Gasteiger partial charge in [-0.15, -0.1) is 0 Å². The molecule has 4 nitrogen and oxygen atoms in total. The molecule has 10 aromatic carbocycles. The fraction of sp³-hybridized carbons (Fsp3) is 0.188. The molecule has 0 spiro atoms. The molecule has 0 atom stereocenters. The number of para-hydroxylation sites is 4. The predicted molar refractivity (Wildman–Crippen MR) is 290 cm³/mol. The SMILES string of the molecule is CCc1cccc2c1oc1c(N(c3ccc(C(C)(C)C)cc3)c3ccc4ccc5c(N(c6ccc(C(C)(C)C)cc6)c6cccc7c6oc6c(CC)cccc67)ccc6ccc3c4c65)cccc12. The predicted octanol–water partition coefficient (Wildman–Crippen LogP) is 19.0. The minimum Gasteiger partial charge on any atom is -0.454 e. The lowest BCUT2D eigenvalue weighted by Crippen LogP contribution is -2.14. The van der Waals surface area contributed by atoms with Gasteiger partial charge in [0.15, 0.2) is 11.2 Å². The van der Waals surface area contributed by atoms with Crippen molar-refractivity contribution in [2.24, 2.45) is 0 Å². The maximum atomic E-state index is 6.99. The van der Waals surface area contributed by atoms with Gasteiger partial charge in [-0.1, -0.05) is 177 Å². The van der Waals surface area contributed by atoms with Crippen LogP contribution >= 0.6 is 0 Å². The minimum atomic E-state index is 0.0142. The van der Waals surface area contributed by atoms with Crippen LogP contribution in [0.2, 0.25) is 0 Å². The highest BCUT2D eigenvalue weighted by atomic mass is 16.3. The molecular formula is C64H56N2O2. The van der Waals surface area contributed by atoms with Gasteiger partial charge in [-0.3, -0.25) is 0 Å². The van der Waals surface area contributed by atoms with Crippen molar-refractivity contribution < 1.29 is 8.83 Å². The van der Waals surface area contributed by atoms with Crippen LogP contribution in [0.25, 0.3) is 76.2 Å². The van der Waals surface area contributed by atoms with E-state index in [1.807, 2.05) is 0 Å². The van der Waals surface area contributed by atoms with E-state index in [0.29, 0.717) is 0 Å². The summed E-state index contributed by atoms with van der Waals surface area (Å²) in [5.41, 5.74) is 15.1. The van der Waals surface area contributed by atoms with Gasteiger partial charge in [0.05, 0.1) is 22.7 Å². The Bertz CT molecular complexity index is 3640. The summed E-state index contributed by atoms with van der Waals surface area (Å²) < 4.78 is 14.0. The molecule has 334 valence electrons. The molecule has 0 aliphatic carbocycles. The third-order valence-corrected chi connectivity index (χ3v) is 14.5. The van der Waals surface area contributed by atoms with Gasteiger partial charge in [-0.25, -0.2) is 0 Å². The van der Waals surface area contributed by atoms with Crippen molar-refractivity contribution in [2.75, 3.05) is 9.80 Å². The molecule has 0 bridgehead atoms. The number of hydrogen-bond acceptors (Lipinski definition) is 4. The van der Waals surface area contributed by atoms with Crippen molar-refractivity contribution in [3.05, 3.63) is 192 Å². The van der Waals surface area contributed by atoms with E-state index >= 15 is 0 Å². The summed E-state index contributed by atoms with van der Waals surface area (Å²) in [6, 6.07) is 63.0. The van der Waals surface area contributed by atoms with Crippen LogP contribution in [0.5, 0.6) is 0 Å². The zero-order chi connectivity index (χ0) is 46.6. The molecule has 4 heteroatoms. The molecule has 0 radical (unpaired) electrons. The number of nitrogens with zero attached hydrogens (tertiary/aromatic N) is 2.